The summed E-state index contributed by atoms with van der Waals surface area (Å²) in [7, 11) is 0. The molecule has 0 atom stereocenters. The molecule has 0 amide bonds. The second-order valence-corrected chi connectivity index (χ2v) is 3.29. The molecule has 70 valence electrons. The van der Waals surface area contributed by atoms with E-state index in [9.17, 15) is 0 Å². The summed E-state index contributed by atoms with van der Waals surface area (Å²) < 4.78 is 5.63. The third-order valence-electron chi connectivity index (χ3n) is 2.39. The Hall–Kier alpha value is -1.77. The van der Waals surface area contributed by atoms with E-state index < -0.39 is 0 Å². The number of rotatable bonds is 0. The fraction of sp³-hybridized carbons (Fsp3) is 0.182. The summed E-state index contributed by atoms with van der Waals surface area (Å²) in [6, 6.07) is 8.02. The first-order valence-corrected chi connectivity index (χ1v) is 4.69. The van der Waals surface area contributed by atoms with Crippen LogP contribution in [0.5, 0.6) is 5.75 Å². The van der Waals surface area contributed by atoms with E-state index in [1.807, 2.05) is 30.5 Å². The summed E-state index contributed by atoms with van der Waals surface area (Å²) in [5, 5.41) is 4.35. The molecule has 1 aromatic carbocycles. The highest BCUT2D eigenvalue weighted by atomic mass is 16.5. The second kappa shape index (κ2) is 2.87. The summed E-state index contributed by atoms with van der Waals surface area (Å²) in [5.41, 5.74) is 1.98. The van der Waals surface area contributed by atoms with E-state index in [4.69, 9.17) is 4.74 Å². The molecule has 3 rings (SSSR count). The maximum Gasteiger partial charge on any atom is 0.153 e. The number of aromatic nitrogens is 1. The Labute approximate surface area is 81.7 Å². The van der Waals surface area contributed by atoms with Crippen molar-refractivity contribution in [3.63, 3.8) is 0 Å². The van der Waals surface area contributed by atoms with Gasteiger partial charge in [-0.05, 0) is 12.1 Å². The van der Waals surface area contributed by atoms with Crippen molar-refractivity contribution in [2.45, 2.75) is 0 Å². The van der Waals surface area contributed by atoms with Gasteiger partial charge in [0.15, 0.2) is 5.75 Å². The quantitative estimate of drug-likeness (QED) is 0.683. The topological polar surface area (TPSA) is 34.2 Å². The predicted octanol–water partition coefficient (Wildman–Crippen LogP) is 2.04. The molecular formula is C11H10N2O. The van der Waals surface area contributed by atoms with Crippen LogP contribution >= 0.6 is 0 Å². The van der Waals surface area contributed by atoms with Crippen LogP contribution in [-0.4, -0.2) is 18.1 Å². The third kappa shape index (κ3) is 1.02. The van der Waals surface area contributed by atoms with Gasteiger partial charge >= 0.3 is 0 Å². The number of nitrogens with one attached hydrogen (secondary N) is 1. The van der Waals surface area contributed by atoms with E-state index in [-0.39, 0.29) is 0 Å². The number of pyridine rings is 1. The number of benzene rings is 1. The molecule has 3 nitrogen and oxygen atoms in total. The second-order valence-electron chi connectivity index (χ2n) is 3.29. The zero-order chi connectivity index (χ0) is 9.38. The van der Waals surface area contributed by atoms with Crippen LogP contribution in [0.15, 0.2) is 30.5 Å². The van der Waals surface area contributed by atoms with Crippen LogP contribution in [0.3, 0.4) is 0 Å². The Morgan fingerprint density at radius 1 is 1.29 bits per heavy atom. The lowest BCUT2D eigenvalue weighted by Crippen LogP contribution is -2.18. The van der Waals surface area contributed by atoms with Gasteiger partial charge in [-0.2, -0.15) is 0 Å². The van der Waals surface area contributed by atoms with Gasteiger partial charge in [0, 0.05) is 11.9 Å². The maximum atomic E-state index is 5.63. The van der Waals surface area contributed by atoms with Gasteiger partial charge in [-0.25, -0.2) is 0 Å². The van der Waals surface area contributed by atoms with Gasteiger partial charge in [0.05, 0.1) is 17.4 Å². The number of hydrogen-bond donors (Lipinski definition) is 1. The van der Waals surface area contributed by atoms with Crippen molar-refractivity contribution < 1.29 is 4.74 Å². The maximum absolute atomic E-state index is 5.63. The van der Waals surface area contributed by atoms with E-state index in [0.717, 1.165) is 35.5 Å². The first-order chi connectivity index (χ1) is 6.95. The van der Waals surface area contributed by atoms with Crippen LogP contribution < -0.4 is 10.1 Å². The highest BCUT2D eigenvalue weighted by Gasteiger charge is 2.12. The average Bonchev–Trinajstić information content (AvgIpc) is 2.29. The van der Waals surface area contributed by atoms with Crippen molar-refractivity contribution in [3.05, 3.63) is 30.5 Å². The predicted molar refractivity (Wildman–Crippen MR) is 55.7 cm³/mol. The summed E-state index contributed by atoms with van der Waals surface area (Å²) in [4.78, 5) is 4.35. The Bertz CT molecular complexity index is 482. The summed E-state index contributed by atoms with van der Waals surface area (Å²) in [6.45, 7) is 1.58. The van der Waals surface area contributed by atoms with Crippen LogP contribution in [0.2, 0.25) is 0 Å². The van der Waals surface area contributed by atoms with Crippen LogP contribution in [0, 0.1) is 0 Å². The normalized spacial score (nSPS) is 14.3. The lowest BCUT2D eigenvalue weighted by Gasteiger charge is -2.19. The molecule has 2 aromatic rings. The largest absolute Gasteiger partial charge is 0.489 e. The molecule has 0 fully saturated rings. The molecule has 1 aliphatic rings. The highest BCUT2D eigenvalue weighted by molar-refractivity contribution is 5.90. The molecule has 1 aliphatic heterocycles. The van der Waals surface area contributed by atoms with Crippen molar-refractivity contribution in [1.29, 1.82) is 0 Å². The number of nitrogens with zero attached hydrogens (tertiary/aromatic N) is 1. The Morgan fingerprint density at radius 2 is 2.21 bits per heavy atom. The lowest BCUT2D eigenvalue weighted by molar-refractivity contribution is 0.327. The van der Waals surface area contributed by atoms with Crippen molar-refractivity contribution in [2.75, 3.05) is 18.5 Å². The van der Waals surface area contributed by atoms with Crippen LogP contribution in [0.4, 0.5) is 5.69 Å². The minimum absolute atomic E-state index is 0.723. The Morgan fingerprint density at radius 3 is 3.21 bits per heavy atom. The minimum atomic E-state index is 0.723. The first-order valence-electron chi connectivity index (χ1n) is 4.69. The van der Waals surface area contributed by atoms with Gasteiger partial charge in [-0.15, -0.1) is 0 Å². The number of anilines is 1. The molecule has 0 saturated heterocycles. The molecule has 2 heterocycles. The van der Waals surface area contributed by atoms with E-state index in [0.29, 0.717) is 0 Å². The van der Waals surface area contributed by atoms with Gasteiger partial charge in [-0.1, -0.05) is 12.1 Å². The zero-order valence-corrected chi connectivity index (χ0v) is 7.66. The summed E-state index contributed by atoms with van der Waals surface area (Å²) >= 11 is 0. The van der Waals surface area contributed by atoms with Gasteiger partial charge < -0.3 is 10.1 Å². The van der Waals surface area contributed by atoms with Gasteiger partial charge in [0.2, 0.25) is 0 Å². The molecule has 14 heavy (non-hydrogen) atoms. The monoisotopic (exact) mass is 186 g/mol. The van der Waals surface area contributed by atoms with E-state index in [1.54, 1.807) is 0 Å². The molecule has 0 saturated carbocycles. The van der Waals surface area contributed by atoms with Crippen LogP contribution in [0.1, 0.15) is 0 Å². The Kier molecular flexibility index (Phi) is 1.56. The molecule has 1 aromatic heterocycles. The van der Waals surface area contributed by atoms with Crippen LogP contribution in [0.25, 0.3) is 10.9 Å². The molecule has 0 aliphatic carbocycles. The molecule has 0 unspecified atom stereocenters. The highest BCUT2D eigenvalue weighted by Crippen LogP contribution is 2.33. The molecule has 0 radical (unpaired) electrons. The number of para-hydroxylation sites is 1. The van der Waals surface area contributed by atoms with Crippen LogP contribution in [-0.2, 0) is 0 Å². The Balaban J connectivity index is 2.34. The molecule has 0 spiro atoms. The van der Waals surface area contributed by atoms with Gasteiger partial charge in [0.1, 0.15) is 6.61 Å². The molecule has 0 bridgehead atoms. The van der Waals surface area contributed by atoms with E-state index in [2.05, 4.69) is 10.3 Å². The van der Waals surface area contributed by atoms with Crippen molar-refractivity contribution >= 4 is 16.6 Å². The van der Waals surface area contributed by atoms with Gasteiger partial charge in [0.25, 0.3) is 0 Å². The molecular weight excluding hydrogens is 176 g/mol. The lowest BCUT2D eigenvalue weighted by atomic mass is 10.2. The van der Waals surface area contributed by atoms with Gasteiger partial charge in [-0.3, -0.25) is 4.98 Å². The third-order valence-corrected chi connectivity index (χ3v) is 2.39. The number of ether oxygens (including phenoxy) is 1. The van der Waals surface area contributed by atoms with Crippen molar-refractivity contribution in [1.82, 2.24) is 4.98 Å². The standard InChI is InChI=1S/C11H10N2O/c1-2-4-9-8(3-1)11-10(7-13-9)12-5-6-14-11/h1-4,7,12H,5-6H2. The van der Waals surface area contributed by atoms with Crippen molar-refractivity contribution in [2.24, 2.45) is 0 Å². The smallest absolute Gasteiger partial charge is 0.153 e. The van der Waals surface area contributed by atoms with E-state index in [1.165, 1.54) is 0 Å². The molecule has 3 heteroatoms. The van der Waals surface area contributed by atoms with Crippen molar-refractivity contribution in [3.8, 4) is 5.75 Å². The minimum Gasteiger partial charge on any atom is -0.489 e. The fourth-order valence-electron chi connectivity index (χ4n) is 1.74. The average molecular weight is 186 g/mol. The number of hydrogen-bond acceptors (Lipinski definition) is 3. The number of fused-ring (bicyclic) bond motifs is 3. The SMILES string of the molecule is c1ccc2c3c(cnc2c1)NCCO3. The summed E-state index contributed by atoms with van der Waals surface area (Å²) in [5.74, 6) is 0.932. The molecule has 1 N–H and O–H groups in total. The first kappa shape index (κ1) is 7.62. The van der Waals surface area contributed by atoms with E-state index >= 15 is 0 Å². The fourth-order valence-corrected chi connectivity index (χ4v) is 1.74. The zero-order valence-electron chi connectivity index (χ0n) is 7.66. The summed E-state index contributed by atoms with van der Waals surface area (Å²) in [6.07, 6.45) is 1.83.